The molecule has 2 aromatic rings. The average Bonchev–Trinajstić information content (AvgIpc) is 3.01. The van der Waals surface area contributed by atoms with Crippen LogP contribution in [0.25, 0.3) is 6.08 Å². The van der Waals surface area contributed by atoms with Gasteiger partial charge >= 0.3 is 0 Å². The van der Waals surface area contributed by atoms with Gasteiger partial charge in [-0.3, -0.25) is 4.79 Å². The summed E-state index contributed by atoms with van der Waals surface area (Å²) in [4.78, 5) is 17.3. The lowest BCUT2D eigenvalue weighted by Gasteiger charge is -2.01. The molecule has 0 atom stereocenters. The van der Waals surface area contributed by atoms with Crippen molar-refractivity contribution in [3.8, 4) is 0 Å². The number of amides is 1. The Labute approximate surface area is 158 Å². The topological polar surface area (TPSA) is 41.5 Å². The second-order valence-electron chi connectivity index (χ2n) is 6.04. The van der Waals surface area contributed by atoms with Crippen LogP contribution in [0.15, 0.2) is 76.6 Å². The van der Waals surface area contributed by atoms with Gasteiger partial charge in [-0.1, -0.05) is 68.0 Å². The van der Waals surface area contributed by atoms with Crippen molar-refractivity contribution < 1.29 is 4.79 Å². The van der Waals surface area contributed by atoms with Crippen LogP contribution >= 0.6 is 11.8 Å². The second-order valence-corrected chi connectivity index (χ2v) is 7.07. The Bertz CT molecular complexity index is 836. The van der Waals surface area contributed by atoms with Crippen LogP contribution in [0.2, 0.25) is 0 Å². The van der Waals surface area contributed by atoms with Crippen LogP contribution in [-0.4, -0.2) is 11.1 Å². The lowest BCUT2D eigenvalue weighted by atomic mass is 10.1. The summed E-state index contributed by atoms with van der Waals surface area (Å²) in [6.07, 6.45) is 9.18. The van der Waals surface area contributed by atoms with E-state index in [4.69, 9.17) is 0 Å². The number of thioether (sulfide) groups is 1. The molecule has 1 aliphatic rings. The van der Waals surface area contributed by atoms with Crippen molar-refractivity contribution in [2.45, 2.75) is 26.2 Å². The number of unbranched alkanes of at least 4 members (excludes halogenated alkanes) is 1. The average molecular weight is 362 g/mol. The smallest absolute Gasteiger partial charge is 0.264 e. The standard InChI is InChI=1S/C22H22N2OS/c1-2-3-8-18-13-15-19(16-14-18)23-22-24-21(25)20(26-22)12-7-11-17-9-5-4-6-10-17/h4-7,9-16H,2-3,8H2,1H3,(H,23,24,25)/b11-7+,20-12-. The van der Waals surface area contributed by atoms with Gasteiger partial charge in [0.25, 0.3) is 5.91 Å². The van der Waals surface area contributed by atoms with Crippen molar-refractivity contribution in [2.75, 3.05) is 0 Å². The predicted octanol–water partition coefficient (Wildman–Crippen LogP) is 5.48. The zero-order chi connectivity index (χ0) is 18.2. The van der Waals surface area contributed by atoms with Crippen LogP contribution in [0.1, 0.15) is 30.9 Å². The molecule has 1 N–H and O–H groups in total. The number of benzene rings is 2. The third kappa shape index (κ3) is 5.20. The molecular formula is C22H22N2OS. The molecule has 0 spiro atoms. The Kier molecular flexibility index (Phi) is 6.45. The number of carbonyl (C=O) groups is 1. The lowest BCUT2D eigenvalue weighted by molar-refractivity contribution is -0.115. The van der Waals surface area contributed by atoms with Crippen molar-refractivity contribution in [3.63, 3.8) is 0 Å². The highest BCUT2D eigenvalue weighted by Gasteiger charge is 2.22. The minimum atomic E-state index is -0.106. The molecule has 1 aliphatic heterocycles. The fourth-order valence-electron chi connectivity index (χ4n) is 2.54. The second kappa shape index (κ2) is 9.20. The zero-order valence-electron chi connectivity index (χ0n) is 14.8. The first-order valence-electron chi connectivity index (χ1n) is 8.85. The van der Waals surface area contributed by atoms with E-state index in [0.29, 0.717) is 10.1 Å². The maximum atomic E-state index is 12.1. The fourth-order valence-corrected chi connectivity index (χ4v) is 3.33. The number of aliphatic imine (C=N–C) groups is 1. The van der Waals surface area contributed by atoms with Gasteiger partial charge in [0, 0.05) is 0 Å². The summed E-state index contributed by atoms with van der Waals surface area (Å²) >= 11 is 1.37. The van der Waals surface area contributed by atoms with E-state index in [1.54, 1.807) is 0 Å². The van der Waals surface area contributed by atoms with Crippen LogP contribution in [0.4, 0.5) is 5.69 Å². The SMILES string of the molecule is CCCCc1ccc(N=C2NC(=O)/C(=C/C=C/c3ccccc3)S2)cc1. The van der Waals surface area contributed by atoms with Gasteiger partial charge in [-0.25, -0.2) is 4.99 Å². The van der Waals surface area contributed by atoms with E-state index in [9.17, 15) is 4.79 Å². The first kappa shape index (κ1) is 18.2. The summed E-state index contributed by atoms with van der Waals surface area (Å²) < 4.78 is 0. The summed E-state index contributed by atoms with van der Waals surface area (Å²) in [7, 11) is 0. The van der Waals surface area contributed by atoms with Crippen LogP contribution < -0.4 is 5.32 Å². The molecule has 1 fully saturated rings. The van der Waals surface area contributed by atoms with Crippen molar-refractivity contribution in [2.24, 2.45) is 4.99 Å². The Morgan fingerprint density at radius 1 is 1.08 bits per heavy atom. The van der Waals surface area contributed by atoms with E-state index in [0.717, 1.165) is 17.7 Å². The molecule has 1 heterocycles. The molecule has 0 aromatic heterocycles. The quantitative estimate of drug-likeness (QED) is 0.692. The predicted molar refractivity (Wildman–Crippen MR) is 111 cm³/mol. The molecule has 0 radical (unpaired) electrons. The number of rotatable bonds is 6. The van der Waals surface area contributed by atoms with Gasteiger partial charge in [0.05, 0.1) is 10.6 Å². The fraction of sp³-hybridized carbons (Fsp3) is 0.182. The molecule has 1 amide bonds. The largest absolute Gasteiger partial charge is 0.300 e. The van der Waals surface area contributed by atoms with E-state index in [-0.39, 0.29) is 5.91 Å². The molecule has 0 bridgehead atoms. The number of allylic oxidation sites excluding steroid dienone is 2. The number of nitrogens with one attached hydrogen (secondary N) is 1. The van der Waals surface area contributed by atoms with Crippen LogP contribution in [0.3, 0.4) is 0 Å². The van der Waals surface area contributed by atoms with E-state index in [1.807, 2.05) is 60.7 Å². The number of aryl methyl sites for hydroxylation is 1. The van der Waals surface area contributed by atoms with Gasteiger partial charge in [0.2, 0.25) is 0 Å². The van der Waals surface area contributed by atoms with Crippen LogP contribution in [0, 0.1) is 0 Å². The van der Waals surface area contributed by atoms with E-state index >= 15 is 0 Å². The van der Waals surface area contributed by atoms with Gasteiger partial charge in [-0.2, -0.15) is 0 Å². The maximum absolute atomic E-state index is 12.1. The molecule has 26 heavy (non-hydrogen) atoms. The first-order chi connectivity index (χ1) is 12.7. The first-order valence-corrected chi connectivity index (χ1v) is 9.66. The monoisotopic (exact) mass is 362 g/mol. The molecular weight excluding hydrogens is 340 g/mol. The molecule has 0 aliphatic carbocycles. The zero-order valence-corrected chi connectivity index (χ0v) is 15.6. The third-order valence-corrected chi connectivity index (χ3v) is 4.90. The molecule has 1 saturated heterocycles. The van der Waals surface area contributed by atoms with Gasteiger partial charge in [0.1, 0.15) is 0 Å². The molecule has 3 rings (SSSR count). The van der Waals surface area contributed by atoms with Gasteiger partial charge in [-0.15, -0.1) is 0 Å². The minimum Gasteiger partial charge on any atom is -0.300 e. The summed E-state index contributed by atoms with van der Waals surface area (Å²) in [5.74, 6) is -0.106. The van der Waals surface area contributed by atoms with Gasteiger partial charge < -0.3 is 5.32 Å². The molecule has 3 nitrogen and oxygen atoms in total. The summed E-state index contributed by atoms with van der Waals surface area (Å²) in [5.41, 5.74) is 3.28. The highest BCUT2D eigenvalue weighted by Crippen LogP contribution is 2.26. The van der Waals surface area contributed by atoms with Crippen molar-refractivity contribution in [3.05, 3.63) is 82.8 Å². The van der Waals surface area contributed by atoms with E-state index < -0.39 is 0 Å². The number of hydrogen-bond acceptors (Lipinski definition) is 3. The summed E-state index contributed by atoms with van der Waals surface area (Å²) in [6.45, 7) is 2.19. The van der Waals surface area contributed by atoms with Crippen LogP contribution in [0.5, 0.6) is 0 Å². The van der Waals surface area contributed by atoms with Crippen LogP contribution in [-0.2, 0) is 11.2 Å². The summed E-state index contributed by atoms with van der Waals surface area (Å²) in [5, 5.41) is 3.44. The highest BCUT2D eigenvalue weighted by molar-refractivity contribution is 8.18. The van der Waals surface area contributed by atoms with Crippen molar-refractivity contribution >= 4 is 34.6 Å². The number of nitrogens with zero attached hydrogens (tertiary/aromatic N) is 1. The highest BCUT2D eigenvalue weighted by atomic mass is 32.2. The summed E-state index contributed by atoms with van der Waals surface area (Å²) in [6, 6.07) is 18.2. The Morgan fingerprint density at radius 3 is 2.58 bits per heavy atom. The number of hydrogen-bond donors (Lipinski definition) is 1. The minimum absolute atomic E-state index is 0.106. The van der Waals surface area contributed by atoms with Gasteiger partial charge in [0.15, 0.2) is 5.17 Å². The molecule has 2 aromatic carbocycles. The lowest BCUT2D eigenvalue weighted by Crippen LogP contribution is -2.19. The molecule has 132 valence electrons. The molecule has 4 heteroatoms. The molecule has 0 saturated carbocycles. The van der Waals surface area contributed by atoms with Crippen molar-refractivity contribution in [1.29, 1.82) is 0 Å². The van der Waals surface area contributed by atoms with Gasteiger partial charge in [-0.05, 0) is 53.9 Å². The van der Waals surface area contributed by atoms with Crippen molar-refractivity contribution in [1.82, 2.24) is 5.32 Å². The van der Waals surface area contributed by atoms with E-state index in [2.05, 4.69) is 29.4 Å². The Hall–Kier alpha value is -2.59. The Morgan fingerprint density at radius 2 is 1.85 bits per heavy atom. The van der Waals surface area contributed by atoms with E-state index in [1.165, 1.54) is 30.2 Å². The third-order valence-electron chi connectivity index (χ3n) is 3.97. The number of carbonyl (C=O) groups excluding carboxylic acids is 1. The maximum Gasteiger partial charge on any atom is 0.264 e. The Balaban J connectivity index is 1.64. The molecule has 0 unspecified atom stereocenters. The normalized spacial score (nSPS) is 17.3. The number of amidine groups is 1.